The molecule has 2 aliphatic heterocycles. The number of aryl methyl sites for hydroxylation is 1. The van der Waals surface area contributed by atoms with E-state index < -0.39 is 0 Å². The average molecular weight is 492 g/mol. The molecule has 0 spiro atoms. The van der Waals surface area contributed by atoms with Crippen LogP contribution in [0, 0.1) is 6.92 Å². The van der Waals surface area contributed by atoms with Crippen molar-refractivity contribution in [3.8, 4) is 22.9 Å². The van der Waals surface area contributed by atoms with Crippen LogP contribution < -0.4 is 19.3 Å². The molecule has 5 rings (SSSR count). The lowest BCUT2D eigenvalue weighted by molar-refractivity contribution is -0.0447. The number of fused-ring (bicyclic) bond motifs is 1. The van der Waals surface area contributed by atoms with Gasteiger partial charge in [-0.2, -0.15) is 0 Å². The van der Waals surface area contributed by atoms with Crippen LogP contribution >= 0.6 is 0 Å². The highest BCUT2D eigenvalue weighted by molar-refractivity contribution is 6.10. The molecule has 10 heteroatoms. The maximum Gasteiger partial charge on any atom is 0.260 e. The van der Waals surface area contributed by atoms with Crippen molar-refractivity contribution in [2.75, 3.05) is 50.8 Å². The first-order valence-corrected chi connectivity index (χ1v) is 11.8. The standard InChI is InChI=1S/C26H29N5O5/c1-16-11-19(17-12-21(33-3)25(34-4)28-13-17)29-20-15-31(26(32)24(16)20)18-5-6-22(27-14-18)30(2)8-7-23-35-9-10-36-23/h5-6,11-14,23H,7-10,15H2,1-4H3. The van der Waals surface area contributed by atoms with Gasteiger partial charge in [-0.25, -0.2) is 9.97 Å². The van der Waals surface area contributed by atoms with E-state index in [0.717, 1.165) is 47.0 Å². The normalized spacial score (nSPS) is 15.3. The molecule has 10 nitrogen and oxygen atoms in total. The summed E-state index contributed by atoms with van der Waals surface area (Å²) in [4.78, 5) is 30.7. The molecule has 5 heterocycles. The molecule has 0 bridgehead atoms. The first-order valence-electron chi connectivity index (χ1n) is 11.8. The zero-order valence-corrected chi connectivity index (χ0v) is 20.9. The molecule has 0 saturated carbocycles. The number of aromatic nitrogens is 3. The van der Waals surface area contributed by atoms with Gasteiger partial charge in [-0.1, -0.05) is 0 Å². The lowest BCUT2D eigenvalue weighted by Crippen LogP contribution is -2.25. The number of hydrogen-bond acceptors (Lipinski definition) is 9. The number of methoxy groups -OCH3 is 2. The van der Waals surface area contributed by atoms with Crippen LogP contribution in [0.2, 0.25) is 0 Å². The minimum atomic E-state index is -0.150. The molecule has 0 N–H and O–H groups in total. The van der Waals surface area contributed by atoms with E-state index in [1.54, 1.807) is 31.5 Å². The fourth-order valence-corrected chi connectivity index (χ4v) is 4.48. The minimum absolute atomic E-state index is 0.0783. The molecule has 1 saturated heterocycles. The third-order valence-corrected chi connectivity index (χ3v) is 6.41. The van der Waals surface area contributed by atoms with E-state index in [1.807, 2.05) is 43.1 Å². The maximum absolute atomic E-state index is 13.3. The van der Waals surface area contributed by atoms with E-state index in [0.29, 0.717) is 37.0 Å². The number of nitrogens with zero attached hydrogens (tertiary/aromatic N) is 5. The monoisotopic (exact) mass is 491 g/mol. The van der Waals surface area contributed by atoms with E-state index in [1.165, 1.54) is 0 Å². The number of rotatable bonds is 8. The summed E-state index contributed by atoms with van der Waals surface area (Å²) in [5.41, 5.74) is 4.45. The number of carbonyl (C=O) groups is 1. The van der Waals surface area contributed by atoms with Crippen molar-refractivity contribution in [2.45, 2.75) is 26.2 Å². The second-order valence-electron chi connectivity index (χ2n) is 8.73. The van der Waals surface area contributed by atoms with Crippen LogP contribution in [0.4, 0.5) is 11.5 Å². The molecule has 2 aliphatic rings. The Morgan fingerprint density at radius 1 is 1.11 bits per heavy atom. The first kappa shape index (κ1) is 24.0. The highest BCUT2D eigenvalue weighted by Crippen LogP contribution is 2.34. The Morgan fingerprint density at radius 3 is 2.61 bits per heavy atom. The van der Waals surface area contributed by atoms with Crippen LogP contribution in [0.3, 0.4) is 0 Å². The molecule has 3 aromatic rings. The molecule has 0 radical (unpaired) electrons. The Morgan fingerprint density at radius 2 is 1.92 bits per heavy atom. The molecule has 0 aromatic carbocycles. The quantitative estimate of drug-likeness (QED) is 0.470. The zero-order valence-electron chi connectivity index (χ0n) is 20.9. The summed E-state index contributed by atoms with van der Waals surface area (Å²) in [7, 11) is 5.09. The lowest BCUT2D eigenvalue weighted by Gasteiger charge is -2.21. The van der Waals surface area contributed by atoms with Crippen LogP contribution in [0.5, 0.6) is 11.6 Å². The fraction of sp³-hybridized carbons (Fsp3) is 0.385. The Bertz CT molecular complexity index is 1260. The van der Waals surface area contributed by atoms with Gasteiger partial charge in [0.25, 0.3) is 11.8 Å². The highest BCUT2D eigenvalue weighted by atomic mass is 16.7. The third kappa shape index (κ3) is 4.57. The van der Waals surface area contributed by atoms with Gasteiger partial charge in [0.1, 0.15) is 5.82 Å². The van der Waals surface area contributed by atoms with E-state index in [-0.39, 0.29) is 12.2 Å². The summed E-state index contributed by atoms with van der Waals surface area (Å²) in [5.74, 6) is 1.67. The minimum Gasteiger partial charge on any atom is -0.491 e. The maximum atomic E-state index is 13.3. The number of amides is 1. The second-order valence-corrected chi connectivity index (χ2v) is 8.73. The predicted octanol–water partition coefficient (Wildman–Crippen LogP) is 3.22. The van der Waals surface area contributed by atoms with Gasteiger partial charge < -0.3 is 28.7 Å². The van der Waals surface area contributed by atoms with Crippen LogP contribution in [-0.4, -0.2) is 68.2 Å². The summed E-state index contributed by atoms with van der Waals surface area (Å²) in [6.07, 6.45) is 4.03. The Kier molecular flexibility index (Phi) is 6.71. The lowest BCUT2D eigenvalue weighted by atomic mass is 10.0. The van der Waals surface area contributed by atoms with Crippen molar-refractivity contribution < 1.29 is 23.7 Å². The molecule has 3 aromatic heterocycles. The number of ether oxygens (including phenoxy) is 4. The molecule has 0 aliphatic carbocycles. The average Bonchev–Trinajstić information content (AvgIpc) is 3.55. The van der Waals surface area contributed by atoms with Crippen LogP contribution in [0.25, 0.3) is 11.3 Å². The van der Waals surface area contributed by atoms with Crippen molar-refractivity contribution in [1.29, 1.82) is 0 Å². The van der Waals surface area contributed by atoms with Gasteiger partial charge in [0.15, 0.2) is 12.0 Å². The highest BCUT2D eigenvalue weighted by Gasteiger charge is 2.32. The topological polar surface area (TPSA) is 99.1 Å². The summed E-state index contributed by atoms with van der Waals surface area (Å²) in [6.45, 7) is 4.34. The fourth-order valence-electron chi connectivity index (χ4n) is 4.48. The summed E-state index contributed by atoms with van der Waals surface area (Å²) < 4.78 is 21.6. The number of hydrogen-bond donors (Lipinski definition) is 0. The molecule has 188 valence electrons. The molecular formula is C26H29N5O5. The van der Waals surface area contributed by atoms with Gasteiger partial charge in [0.2, 0.25) is 0 Å². The van der Waals surface area contributed by atoms with Gasteiger partial charge in [-0.05, 0) is 36.8 Å². The van der Waals surface area contributed by atoms with Crippen molar-refractivity contribution in [3.05, 3.63) is 53.5 Å². The van der Waals surface area contributed by atoms with Crippen molar-refractivity contribution in [1.82, 2.24) is 15.0 Å². The molecule has 1 amide bonds. The van der Waals surface area contributed by atoms with E-state index in [2.05, 4.69) is 9.97 Å². The summed E-state index contributed by atoms with van der Waals surface area (Å²) >= 11 is 0. The predicted molar refractivity (Wildman–Crippen MR) is 134 cm³/mol. The van der Waals surface area contributed by atoms with Crippen molar-refractivity contribution >= 4 is 17.4 Å². The molecule has 0 unspecified atom stereocenters. The van der Waals surface area contributed by atoms with E-state index in [9.17, 15) is 4.79 Å². The van der Waals surface area contributed by atoms with Gasteiger partial charge in [0, 0.05) is 31.8 Å². The second kappa shape index (κ2) is 10.1. The Hall–Kier alpha value is -3.76. The Labute approximate surface area is 209 Å². The summed E-state index contributed by atoms with van der Waals surface area (Å²) in [5, 5.41) is 0. The smallest absolute Gasteiger partial charge is 0.260 e. The molecule has 1 fully saturated rings. The number of anilines is 2. The van der Waals surface area contributed by atoms with Gasteiger partial charge >= 0.3 is 0 Å². The van der Waals surface area contributed by atoms with Gasteiger partial charge in [-0.3, -0.25) is 9.78 Å². The number of carbonyl (C=O) groups excluding carboxylic acids is 1. The van der Waals surface area contributed by atoms with Gasteiger partial charge in [-0.15, -0.1) is 0 Å². The molecular weight excluding hydrogens is 462 g/mol. The molecule has 0 atom stereocenters. The van der Waals surface area contributed by atoms with Crippen LogP contribution in [-0.2, 0) is 16.0 Å². The Balaban J connectivity index is 1.33. The number of pyridine rings is 3. The largest absolute Gasteiger partial charge is 0.491 e. The first-order chi connectivity index (χ1) is 17.5. The molecule has 36 heavy (non-hydrogen) atoms. The van der Waals surface area contributed by atoms with Gasteiger partial charge in [0.05, 0.1) is 62.8 Å². The summed E-state index contributed by atoms with van der Waals surface area (Å²) in [6, 6.07) is 7.57. The van der Waals surface area contributed by atoms with Crippen LogP contribution in [0.1, 0.15) is 28.0 Å². The van der Waals surface area contributed by atoms with Crippen LogP contribution in [0.15, 0.2) is 36.7 Å². The van der Waals surface area contributed by atoms with Crippen molar-refractivity contribution in [2.24, 2.45) is 0 Å². The zero-order chi connectivity index (χ0) is 25.2. The van der Waals surface area contributed by atoms with Crippen molar-refractivity contribution in [3.63, 3.8) is 0 Å². The van der Waals surface area contributed by atoms with E-state index in [4.69, 9.17) is 23.9 Å². The third-order valence-electron chi connectivity index (χ3n) is 6.41. The van der Waals surface area contributed by atoms with E-state index >= 15 is 0 Å². The SMILES string of the molecule is COc1cc(-c2cc(C)c3c(n2)CN(c2ccc(N(C)CCC4OCCO4)nc2)C3=O)cnc1OC.